The van der Waals surface area contributed by atoms with Gasteiger partial charge in [0.15, 0.2) is 5.82 Å². The quantitative estimate of drug-likeness (QED) is 0.278. The SMILES string of the molecule is C=C(/C=c1/c(N[C@H](C)c2cccc(C(C)(F)F)c2F)nnc(C)/c1=C/C)NC.CC.CCCCCC(C)CC. The monoisotopic (exact) mass is 548 g/mol. The number of nitrogens with zero attached hydrogens (tertiary/aromatic N) is 2. The molecule has 1 heterocycles. The van der Waals surface area contributed by atoms with E-state index in [0.717, 1.165) is 28.1 Å². The maximum atomic E-state index is 14.7. The summed E-state index contributed by atoms with van der Waals surface area (Å²) in [4.78, 5) is 0. The Bertz CT molecular complexity index is 1120. The highest BCUT2D eigenvalue weighted by atomic mass is 19.3. The average Bonchev–Trinajstić information content (AvgIpc) is 2.91. The number of unbranched alkanes of at least 4 members (excludes halogenated alkanes) is 2. The van der Waals surface area contributed by atoms with Crippen LogP contribution in [0.2, 0.25) is 0 Å². The molecule has 0 aliphatic rings. The van der Waals surface area contributed by atoms with Crippen molar-refractivity contribution in [3.8, 4) is 0 Å². The maximum Gasteiger partial charge on any atom is 0.273 e. The molecule has 2 rings (SSSR count). The summed E-state index contributed by atoms with van der Waals surface area (Å²) in [5.74, 6) is -2.83. The van der Waals surface area contributed by atoms with Gasteiger partial charge in [-0.05, 0) is 32.8 Å². The van der Waals surface area contributed by atoms with Crippen molar-refractivity contribution >= 4 is 18.0 Å². The smallest absolute Gasteiger partial charge is 0.273 e. The maximum absolute atomic E-state index is 14.7. The fourth-order valence-corrected chi connectivity index (χ4v) is 3.87. The van der Waals surface area contributed by atoms with E-state index >= 15 is 0 Å². The minimum absolute atomic E-state index is 0.127. The Labute approximate surface area is 234 Å². The second-order valence-electron chi connectivity index (χ2n) is 9.64. The Morgan fingerprint density at radius 3 is 2.26 bits per heavy atom. The summed E-state index contributed by atoms with van der Waals surface area (Å²) in [7, 11) is 1.75. The highest BCUT2D eigenvalue weighted by Crippen LogP contribution is 2.32. The van der Waals surface area contributed by atoms with Crippen LogP contribution in [0, 0.1) is 18.7 Å². The number of hydrogen-bond acceptors (Lipinski definition) is 4. The van der Waals surface area contributed by atoms with Gasteiger partial charge in [-0.3, -0.25) is 0 Å². The van der Waals surface area contributed by atoms with Gasteiger partial charge in [-0.25, -0.2) is 13.2 Å². The standard InChI is InChI=1S/C21H25F3N4.C9H20.C2H6/c1-7-15-14(4)27-28-20(17(15)11-12(2)25-6)26-13(3)16-9-8-10-18(19(16)22)21(5,23)24;1-4-6-7-8-9(3)5-2;1-2/h7-11,13,25H,2H2,1,3-6H3,(H,26,28);9H,4-8H2,1-3H3;1-2H3/b15-7-,17-11+;;/t13-;;/m1../s1. The van der Waals surface area contributed by atoms with Gasteiger partial charge in [0, 0.05) is 35.7 Å². The Kier molecular flexibility index (Phi) is 17.1. The van der Waals surface area contributed by atoms with Crippen molar-refractivity contribution < 1.29 is 13.2 Å². The molecule has 0 aliphatic heterocycles. The van der Waals surface area contributed by atoms with Gasteiger partial charge in [-0.15, -0.1) is 5.10 Å². The second-order valence-corrected chi connectivity index (χ2v) is 9.64. The molecule has 0 saturated heterocycles. The molecule has 4 nitrogen and oxygen atoms in total. The summed E-state index contributed by atoms with van der Waals surface area (Å²) in [6.07, 6.45) is 10.7. The first kappa shape index (κ1) is 36.2. The number of hydrogen-bond donors (Lipinski definition) is 2. The van der Waals surface area contributed by atoms with Gasteiger partial charge in [0.1, 0.15) is 5.82 Å². The summed E-state index contributed by atoms with van der Waals surface area (Å²) in [6.45, 7) is 20.9. The van der Waals surface area contributed by atoms with Crippen LogP contribution in [0.3, 0.4) is 0 Å². The molecule has 2 N–H and O–H groups in total. The molecule has 0 amide bonds. The molecular formula is C32H51F3N4. The van der Waals surface area contributed by atoms with Crippen molar-refractivity contribution in [1.82, 2.24) is 15.5 Å². The van der Waals surface area contributed by atoms with Gasteiger partial charge in [-0.2, -0.15) is 5.10 Å². The Hall–Kier alpha value is -2.83. The highest BCUT2D eigenvalue weighted by Gasteiger charge is 2.30. The number of halogens is 3. The molecule has 39 heavy (non-hydrogen) atoms. The molecule has 2 aromatic rings. The van der Waals surface area contributed by atoms with Crippen LogP contribution < -0.4 is 21.1 Å². The van der Waals surface area contributed by atoms with Crippen molar-refractivity contribution in [2.75, 3.05) is 12.4 Å². The van der Waals surface area contributed by atoms with Gasteiger partial charge < -0.3 is 10.6 Å². The molecule has 0 radical (unpaired) electrons. The van der Waals surface area contributed by atoms with Crippen LogP contribution in [-0.2, 0) is 5.92 Å². The van der Waals surface area contributed by atoms with Crippen LogP contribution in [0.1, 0.15) is 110 Å². The van der Waals surface area contributed by atoms with Crippen molar-refractivity contribution in [1.29, 1.82) is 0 Å². The van der Waals surface area contributed by atoms with Crippen molar-refractivity contribution in [3.05, 3.63) is 63.6 Å². The van der Waals surface area contributed by atoms with Crippen LogP contribution in [-0.4, -0.2) is 17.2 Å². The van der Waals surface area contributed by atoms with E-state index in [-0.39, 0.29) is 5.56 Å². The zero-order valence-electron chi connectivity index (χ0n) is 25.8. The zero-order chi connectivity index (χ0) is 30.2. The topological polar surface area (TPSA) is 49.8 Å². The van der Waals surface area contributed by atoms with Crippen molar-refractivity contribution in [3.63, 3.8) is 0 Å². The van der Waals surface area contributed by atoms with Gasteiger partial charge in [-0.1, -0.05) is 97.6 Å². The van der Waals surface area contributed by atoms with Crippen LogP contribution >= 0.6 is 0 Å². The Balaban J connectivity index is 0.00000111. The number of rotatable bonds is 11. The first-order chi connectivity index (χ1) is 18.4. The molecule has 1 unspecified atom stereocenters. The number of allylic oxidation sites excluding steroid dienone is 1. The van der Waals surface area contributed by atoms with Crippen molar-refractivity contribution in [2.24, 2.45) is 5.92 Å². The first-order valence-electron chi connectivity index (χ1n) is 14.2. The van der Waals surface area contributed by atoms with E-state index in [2.05, 4.69) is 48.2 Å². The lowest BCUT2D eigenvalue weighted by Gasteiger charge is -2.19. The zero-order valence-corrected chi connectivity index (χ0v) is 25.8. The van der Waals surface area contributed by atoms with Crippen LogP contribution in [0.5, 0.6) is 0 Å². The molecule has 7 heteroatoms. The number of anilines is 1. The summed E-state index contributed by atoms with van der Waals surface area (Å²) < 4.78 is 42.0. The Morgan fingerprint density at radius 1 is 1.10 bits per heavy atom. The second kappa shape index (κ2) is 18.5. The van der Waals surface area contributed by atoms with Gasteiger partial charge in [0.2, 0.25) is 0 Å². The lowest BCUT2D eigenvalue weighted by Crippen LogP contribution is -2.34. The van der Waals surface area contributed by atoms with Crippen LogP contribution in [0.25, 0.3) is 12.2 Å². The normalized spacial score (nSPS) is 13.5. The molecule has 0 aliphatic carbocycles. The van der Waals surface area contributed by atoms with E-state index in [1.807, 2.05) is 33.8 Å². The number of aryl methyl sites for hydroxylation is 1. The summed E-state index contributed by atoms with van der Waals surface area (Å²) in [5, 5.41) is 16.0. The molecule has 0 bridgehead atoms. The van der Waals surface area contributed by atoms with Gasteiger partial charge >= 0.3 is 0 Å². The number of alkyl halides is 2. The van der Waals surface area contributed by atoms with Crippen LogP contribution in [0.4, 0.5) is 19.0 Å². The third kappa shape index (κ3) is 11.8. The van der Waals surface area contributed by atoms with E-state index in [4.69, 9.17) is 0 Å². The molecule has 1 aromatic heterocycles. The number of aromatic nitrogens is 2. The van der Waals surface area contributed by atoms with Gasteiger partial charge in [0.05, 0.1) is 17.3 Å². The first-order valence-corrected chi connectivity index (χ1v) is 14.2. The van der Waals surface area contributed by atoms with Crippen LogP contribution in [0.15, 0.2) is 30.5 Å². The largest absolute Gasteiger partial charge is 0.389 e. The third-order valence-corrected chi connectivity index (χ3v) is 6.48. The lowest BCUT2D eigenvalue weighted by molar-refractivity contribution is 0.0136. The highest BCUT2D eigenvalue weighted by molar-refractivity contribution is 5.54. The minimum Gasteiger partial charge on any atom is -0.389 e. The van der Waals surface area contributed by atoms with E-state index in [1.54, 1.807) is 20.0 Å². The predicted molar refractivity (Wildman–Crippen MR) is 162 cm³/mol. The molecule has 0 fully saturated rings. The molecule has 0 spiro atoms. The predicted octanol–water partition coefficient (Wildman–Crippen LogP) is 8.16. The van der Waals surface area contributed by atoms with E-state index in [0.29, 0.717) is 18.4 Å². The lowest BCUT2D eigenvalue weighted by atomic mass is 10.0. The molecule has 2 atom stereocenters. The molecular weight excluding hydrogens is 497 g/mol. The average molecular weight is 549 g/mol. The van der Waals surface area contributed by atoms with E-state index in [9.17, 15) is 13.2 Å². The van der Waals surface area contributed by atoms with E-state index in [1.165, 1.54) is 44.2 Å². The number of benzene rings is 1. The number of nitrogens with one attached hydrogen (secondary N) is 2. The summed E-state index contributed by atoms with van der Waals surface area (Å²) in [6, 6.07) is 3.38. The molecule has 0 saturated carbocycles. The van der Waals surface area contributed by atoms with E-state index < -0.39 is 23.3 Å². The summed E-state index contributed by atoms with van der Waals surface area (Å²) in [5.41, 5.74) is 0.882. The summed E-state index contributed by atoms with van der Waals surface area (Å²) >= 11 is 0. The fourth-order valence-electron chi connectivity index (χ4n) is 3.87. The molecule has 220 valence electrons. The Morgan fingerprint density at radius 2 is 1.74 bits per heavy atom. The fraction of sp³-hybridized carbons (Fsp3) is 0.562. The van der Waals surface area contributed by atoms with Gasteiger partial charge in [0.25, 0.3) is 5.92 Å². The van der Waals surface area contributed by atoms with Crippen molar-refractivity contribution in [2.45, 2.75) is 106 Å². The third-order valence-electron chi connectivity index (χ3n) is 6.48. The minimum atomic E-state index is -3.27. The molecule has 1 aromatic carbocycles.